The van der Waals surface area contributed by atoms with Gasteiger partial charge in [-0.3, -0.25) is 10.1 Å². The quantitative estimate of drug-likeness (QED) is 0.909. The zero-order valence-electron chi connectivity index (χ0n) is 11.0. The number of benzene rings is 1. The van der Waals surface area contributed by atoms with Crippen molar-refractivity contribution in [2.45, 2.75) is 13.8 Å². The lowest BCUT2D eigenvalue weighted by atomic mass is 10.1. The van der Waals surface area contributed by atoms with Crippen LogP contribution in [0, 0.1) is 18.6 Å². The minimum Gasteiger partial charge on any atom is -0.381 e. The SMILES string of the molecule is CCNc1c(F)cc(C(=O)Nc2ncc(C)s2)cc1F. The zero-order chi connectivity index (χ0) is 14.7. The number of amides is 1. The molecule has 7 heteroatoms. The number of rotatable bonds is 4. The first-order valence-corrected chi connectivity index (χ1v) is 6.79. The fourth-order valence-corrected chi connectivity index (χ4v) is 2.29. The van der Waals surface area contributed by atoms with E-state index >= 15 is 0 Å². The van der Waals surface area contributed by atoms with Crippen molar-refractivity contribution in [3.63, 3.8) is 0 Å². The van der Waals surface area contributed by atoms with Gasteiger partial charge >= 0.3 is 0 Å². The van der Waals surface area contributed by atoms with Gasteiger partial charge < -0.3 is 5.32 Å². The van der Waals surface area contributed by atoms with E-state index in [9.17, 15) is 13.6 Å². The van der Waals surface area contributed by atoms with Crippen LogP contribution in [0.1, 0.15) is 22.2 Å². The first-order valence-electron chi connectivity index (χ1n) is 5.98. The van der Waals surface area contributed by atoms with Gasteiger partial charge in [-0.2, -0.15) is 0 Å². The maximum absolute atomic E-state index is 13.7. The molecule has 0 saturated carbocycles. The number of halogens is 2. The van der Waals surface area contributed by atoms with Crippen LogP contribution in [-0.2, 0) is 0 Å². The molecule has 2 aromatic rings. The summed E-state index contributed by atoms with van der Waals surface area (Å²) in [6.45, 7) is 3.96. The summed E-state index contributed by atoms with van der Waals surface area (Å²) in [7, 11) is 0. The van der Waals surface area contributed by atoms with Crippen molar-refractivity contribution < 1.29 is 13.6 Å². The topological polar surface area (TPSA) is 54.0 Å². The highest BCUT2D eigenvalue weighted by Gasteiger charge is 2.15. The average Bonchev–Trinajstić information content (AvgIpc) is 2.79. The minimum atomic E-state index is -0.799. The molecule has 20 heavy (non-hydrogen) atoms. The Labute approximate surface area is 118 Å². The number of thiazole rings is 1. The van der Waals surface area contributed by atoms with Crippen molar-refractivity contribution >= 4 is 28.1 Å². The van der Waals surface area contributed by atoms with Crippen molar-refractivity contribution in [2.24, 2.45) is 0 Å². The number of carbonyl (C=O) groups excluding carboxylic acids is 1. The highest BCUT2D eigenvalue weighted by atomic mass is 32.1. The molecule has 0 radical (unpaired) electrons. The monoisotopic (exact) mass is 297 g/mol. The summed E-state index contributed by atoms with van der Waals surface area (Å²) in [5.74, 6) is -2.19. The number of aromatic nitrogens is 1. The predicted molar refractivity (Wildman–Crippen MR) is 75.3 cm³/mol. The van der Waals surface area contributed by atoms with Crippen molar-refractivity contribution in [3.8, 4) is 0 Å². The van der Waals surface area contributed by atoms with Crippen molar-refractivity contribution in [1.29, 1.82) is 0 Å². The second-order valence-corrected chi connectivity index (χ2v) is 5.31. The molecule has 1 aromatic heterocycles. The summed E-state index contributed by atoms with van der Waals surface area (Å²) in [6, 6.07) is 1.99. The summed E-state index contributed by atoms with van der Waals surface area (Å²) in [4.78, 5) is 16.8. The molecule has 0 atom stereocenters. The van der Waals surface area contributed by atoms with Crippen LogP contribution in [0.15, 0.2) is 18.3 Å². The molecular formula is C13H13F2N3OS. The molecule has 2 N–H and O–H groups in total. The number of nitrogens with zero attached hydrogens (tertiary/aromatic N) is 1. The molecule has 0 bridgehead atoms. The summed E-state index contributed by atoms with van der Waals surface area (Å²) in [5, 5.41) is 5.46. The molecule has 0 unspecified atom stereocenters. The molecule has 4 nitrogen and oxygen atoms in total. The van der Waals surface area contributed by atoms with Crippen LogP contribution in [0.3, 0.4) is 0 Å². The third-order valence-corrected chi connectivity index (χ3v) is 3.33. The van der Waals surface area contributed by atoms with Crippen molar-refractivity contribution in [3.05, 3.63) is 40.4 Å². The summed E-state index contributed by atoms with van der Waals surface area (Å²) >= 11 is 1.29. The van der Waals surface area contributed by atoms with Crippen molar-refractivity contribution in [1.82, 2.24) is 4.98 Å². The third kappa shape index (κ3) is 3.11. The second-order valence-electron chi connectivity index (χ2n) is 4.08. The van der Waals surface area contributed by atoms with E-state index in [0.29, 0.717) is 11.7 Å². The third-order valence-electron chi connectivity index (χ3n) is 2.50. The number of anilines is 2. The van der Waals surface area contributed by atoms with E-state index in [2.05, 4.69) is 15.6 Å². The van der Waals surface area contributed by atoms with Gasteiger partial charge in [-0.25, -0.2) is 13.8 Å². The molecule has 1 amide bonds. The van der Waals surface area contributed by atoms with Gasteiger partial charge in [0.05, 0.1) is 0 Å². The molecule has 0 aliphatic carbocycles. The number of nitrogens with one attached hydrogen (secondary N) is 2. The maximum atomic E-state index is 13.7. The van der Waals surface area contributed by atoms with Gasteiger partial charge in [0.15, 0.2) is 5.13 Å². The van der Waals surface area contributed by atoms with Gasteiger partial charge in [0, 0.05) is 23.2 Å². The first-order chi connectivity index (χ1) is 9.51. The van der Waals surface area contributed by atoms with E-state index in [1.807, 2.05) is 6.92 Å². The highest BCUT2D eigenvalue weighted by molar-refractivity contribution is 7.15. The lowest BCUT2D eigenvalue weighted by Gasteiger charge is -2.08. The van der Waals surface area contributed by atoms with Crippen LogP contribution in [-0.4, -0.2) is 17.4 Å². The Hall–Kier alpha value is -2.02. The smallest absolute Gasteiger partial charge is 0.257 e. The molecule has 0 saturated heterocycles. The molecule has 1 aromatic carbocycles. The molecule has 0 aliphatic heterocycles. The van der Waals surface area contributed by atoms with Crippen LogP contribution >= 0.6 is 11.3 Å². The number of hydrogen-bond donors (Lipinski definition) is 2. The molecule has 0 spiro atoms. The lowest BCUT2D eigenvalue weighted by molar-refractivity contribution is 0.102. The molecule has 2 rings (SSSR count). The Balaban J connectivity index is 2.22. The van der Waals surface area contributed by atoms with Gasteiger partial charge in [0.1, 0.15) is 17.3 Å². The Morgan fingerprint density at radius 3 is 2.50 bits per heavy atom. The second kappa shape index (κ2) is 5.96. The van der Waals surface area contributed by atoms with E-state index in [-0.39, 0.29) is 11.3 Å². The maximum Gasteiger partial charge on any atom is 0.257 e. The average molecular weight is 297 g/mol. The Morgan fingerprint density at radius 1 is 1.35 bits per heavy atom. The zero-order valence-corrected chi connectivity index (χ0v) is 11.8. The summed E-state index contributed by atoms with van der Waals surface area (Å²) < 4.78 is 27.4. The van der Waals surface area contributed by atoms with Crippen LogP contribution in [0.4, 0.5) is 19.6 Å². The van der Waals surface area contributed by atoms with E-state index in [1.54, 1.807) is 13.1 Å². The molecule has 0 fully saturated rings. The summed E-state index contributed by atoms with van der Waals surface area (Å²) in [5.41, 5.74) is -0.316. The fraction of sp³-hybridized carbons (Fsp3) is 0.231. The van der Waals surface area contributed by atoms with Gasteiger partial charge in [0.25, 0.3) is 5.91 Å². The Morgan fingerprint density at radius 2 is 2.00 bits per heavy atom. The van der Waals surface area contributed by atoms with Crippen LogP contribution in [0.25, 0.3) is 0 Å². The molecule has 106 valence electrons. The highest BCUT2D eigenvalue weighted by Crippen LogP contribution is 2.22. The minimum absolute atomic E-state index is 0.0884. The van der Waals surface area contributed by atoms with Crippen LogP contribution < -0.4 is 10.6 Å². The van der Waals surface area contributed by atoms with Crippen LogP contribution in [0.2, 0.25) is 0 Å². The molecule has 1 heterocycles. The van der Waals surface area contributed by atoms with E-state index in [1.165, 1.54) is 11.3 Å². The van der Waals surface area contributed by atoms with E-state index in [4.69, 9.17) is 0 Å². The molecule has 0 aliphatic rings. The fourth-order valence-electron chi connectivity index (χ4n) is 1.63. The largest absolute Gasteiger partial charge is 0.381 e. The lowest BCUT2D eigenvalue weighted by Crippen LogP contribution is -2.13. The van der Waals surface area contributed by atoms with Gasteiger partial charge in [-0.15, -0.1) is 11.3 Å². The van der Waals surface area contributed by atoms with E-state index in [0.717, 1.165) is 17.0 Å². The van der Waals surface area contributed by atoms with E-state index < -0.39 is 17.5 Å². The van der Waals surface area contributed by atoms with Gasteiger partial charge in [-0.05, 0) is 26.0 Å². The summed E-state index contributed by atoms with van der Waals surface area (Å²) in [6.07, 6.45) is 1.61. The normalized spacial score (nSPS) is 10.4. The van der Waals surface area contributed by atoms with Crippen molar-refractivity contribution in [2.75, 3.05) is 17.2 Å². The predicted octanol–water partition coefficient (Wildman–Crippen LogP) is 3.41. The Bertz CT molecular complexity index is 619. The number of aryl methyl sites for hydroxylation is 1. The number of carbonyl (C=O) groups is 1. The standard InChI is InChI=1S/C13H13F2N3OS/c1-3-16-11-9(14)4-8(5-10(11)15)12(19)18-13-17-6-7(2)20-13/h4-6,16H,3H2,1-2H3,(H,17,18,19). The van der Waals surface area contributed by atoms with Crippen LogP contribution in [0.5, 0.6) is 0 Å². The number of hydrogen-bond acceptors (Lipinski definition) is 4. The first kappa shape index (κ1) is 14.4. The van der Waals surface area contributed by atoms with Gasteiger partial charge in [-0.1, -0.05) is 0 Å². The van der Waals surface area contributed by atoms with Gasteiger partial charge in [0.2, 0.25) is 0 Å². The Kier molecular flexibility index (Phi) is 4.29. The molecular weight excluding hydrogens is 284 g/mol.